The first-order chi connectivity index (χ1) is 14.1. The Labute approximate surface area is 180 Å². The summed E-state index contributed by atoms with van der Waals surface area (Å²) in [6.07, 6.45) is -4.75. The molecule has 160 valence electrons. The van der Waals surface area contributed by atoms with Crippen molar-refractivity contribution in [3.05, 3.63) is 64.1 Å². The van der Waals surface area contributed by atoms with Gasteiger partial charge in [0.05, 0.1) is 17.8 Å². The van der Waals surface area contributed by atoms with Crippen molar-refractivity contribution in [2.45, 2.75) is 25.9 Å². The minimum absolute atomic E-state index is 0.0323. The zero-order valence-electron chi connectivity index (χ0n) is 16.1. The van der Waals surface area contributed by atoms with Crippen LogP contribution in [-0.4, -0.2) is 35.6 Å². The molecule has 30 heavy (non-hydrogen) atoms. The maximum Gasteiger partial charge on any atom is 0.418 e. The van der Waals surface area contributed by atoms with E-state index in [0.717, 1.165) is 16.6 Å². The molecule has 0 fully saturated rings. The fourth-order valence-electron chi connectivity index (χ4n) is 2.74. The van der Waals surface area contributed by atoms with Crippen molar-refractivity contribution in [3.63, 3.8) is 0 Å². The molecule has 2 aromatic carbocycles. The zero-order valence-corrected chi connectivity index (χ0v) is 17.7. The van der Waals surface area contributed by atoms with E-state index in [1.54, 1.807) is 31.2 Å². The minimum Gasteiger partial charge on any atom is -0.334 e. The number of nitrogens with zero attached hydrogens (tertiary/aromatic N) is 1. The summed E-state index contributed by atoms with van der Waals surface area (Å²) in [4.78, 5) is 38.0. The Morgan fingerprint density at radius 2 is 1.63 bits per heavy atom. The molecule has 2 rings (SSSR count). The second-order valence-corrected chi connectivity index (χ2v) is 7.35. The minimum atomic E-state index is -4.61. The lowest BCUT2D eigenvalue weighted by Crippen LogP contribution is -2.38. The lowest BCUT2D eigenvalue weighted by Gasteiger charge is -2.21. The number of Topliss-reactive ketones (excluding diaryl/α,β-unsaturated/α-hetero) is 1. The molecule has 1 N–H and O–H groups in total. The number of hydrogen-bond acceptors (Lipinski definition) is 3. The van der Waals surface area contributed by atoms with Gasteiger partial charge < -0.3 is 10.2 Å². The van der Waals surface area contributed by atoms with Crippen LogP contribution < -0.4 is 5.32 Å². The van der Waals surface area contributed by atoms with E-state index in [1.165, 1.54) is 17.0 Å². The van der Waals surface area contributed by atoms with Crippen LogP contribution in [0.3, 0.4) is 0 Å². The Morgan fingerprint density at radius 1 is 1.00 bits per heavy atom. The van der Waals surface area contributed by atoms with Crippen molar-refractivity contribution in [1.29, 1.82) is 0 Å². The van der Waals surface area contributed by atoms with E-state index in [-0.39, 0.29) is 30.9 Å². The average molecular weight is 485 g/mol. The second-order valence-electron chi connectivity index (χ2n) is 6.43. The number of para-hydroxylation sites is 1. The molecule has 9 heteroatoms. The van der Waals surface area contributed by atoms with Crippen molar-refractivity contribution in [2.75, 3.05) is 18.4 Å². The number of carbonyl (C=O) groups is 3. The Balaban J connectivity index is 1.94. The van der Waals surface area contributed by atoms with Gasteiger partial charge in [-0.15, -0.1) is 0 Å². The summed E-state index contributed by atoms with van der Waals surface area (Å²) in [5.41, 5.74) is -0.868. The molecular weight excluding hydrogens is 465 g/mol. The molecule has 0 saturated carbocycles. The van der Waals surface area contributed by atoms with Gasteiger partial charge in [0.2, 0.25) is 11.8 Å². The van der Waals surface area contributed by atoms with E-state index in [4.69, 9.17) is 0 Å². The first-order valence-corrected chi connectivity index (χ1v) is 9.93. The molecule has 2 amide bonds. The highest BCUT2D eigenvalue weighted by atomic mass is 79.9. The molecule has 0 heterocycles. The smallest absolute Gasteiger partial charge is 0.334 e. The molecule has 0 bridgehead atoms. The maximum absolute atomic E-state index is 13.0. The van der Waals surface area contributed by atoms with E-state index in [0.29, 0.717) is 5.56 Å². The number of anilines is 1. The molecule has 0 unspecified atom stereocenters. The molecular formula is C21H20BrF3N2O3. The highest BCUT2D eigenvalue weighted by Crippen LogP contribution is 2.34. The van der Waals surface area contributed by atoms with Crippen molar-refractivity contribution in [2.24, 2.45) is 0 Å². The third-order valence-electron chi connectivity index (χ3n) is 4.31. The number of nitrogens with one attached hydrogen (secondary N) is 1. The van der Waals surface area contributed by atoms with Gasteiger partial charge in [-0.25, -0.2) is 0 Å². The number of likely N-dealkylation sites (N-methyl/N-ethyl adjacent to an activating group) is 1. The standard InChI is InChI=1S/C21H20BrF3N2O3/c1-2-27(20(30)12-11-18(28)14-7-9-15(22)10-8-14)13-19(29)26-17-6-4-3-5-16(17)21(23,24)25/h3-10H,2,11-13H2,1H3,(H,26,29). The molecule has 0 radical (unpaired) electrons. The predicted octanol–water partition coefficient (Wildman–Crippen LogP) is 4.92. The summed E-state index contributed by atoms with van der Waals surface area (Å²) in [5.74, 6) is -1.39. The van der Waals surface area contributed by atoms with Crippen LogP contribution in [-0.2, 0) is 15.8 Å². The van der Waals surface area contributed by atoms with Gasteiger partial charge in [0.1, 0.15) is 0 Å². The van der Waals surface area contributed by atoms with Gasteiger partial charge in [0, 0.05) is 29.4 Å². The van der Waals surface area contributed by atoms with Crippen molar-refractivity contribution in [1.82, 2.24) is 4.90 Å². The summed E-state index contributed by atoms with van der Waals surface area (Å²) >= 11 is 3.27. The summed E-state index contributed by atoms with van der Waals surface area (Å²) in [6.45, 7) is 1.42. The summed E-state index contributed by atoms with van der Waals surface area (Å²) in [7, 11) is 0. The fraction of sp³-hybridized carbons (Fsp3) is 0.286. The molecule has 0 atom stereocenters. The van der Waals surface area contributed by atoms with Crippen LogP contribution >= 0.6 is 15.9 Å². The predicted molar refractivity (Wildman–Crippen MR) is 110 cm³/mol. The number of halogens is 4. The van der Waals surface area contributed by atoms with Gasteiger partial charge in [0.15, 0.2) is 5.78 Å². The summed E-state index contributed by atoms with van der Waals surface area (Å²) in [6, 6.07) is 11.3. The van der Waals surface area contributed by atoms with E-state index in [1.807, 2.05) is 0 Å². The number of ketones is 1. The van der Waals surface area contributed by atoms with Crippen LogP contribution in [0.25, 0.3) is 0 Å². The number of alkyl halides is 3. The van der Waals surface area contributed by atoms with E-state index in [9.17, 15) is 27.6 Å². The van der Waals surface area contributed by atoms with Crippen LogP contribution in [0, 0.1) is 0 Å². The normalized spacial score (nSPS) is 11.1. The largest absolute Gasteiger partial charge is 0.418 e. The van der Waals surface area contributed by atoms with E-state index >= 15 is 0 Å². The zero-order chi connectivity index (χ0) is 22.3. The van der Waals surface area contributed by atoms with Gasteiger partial charge in [-0.2, -0.15) is 13.2 Å². The van der Waals surface area contributed by atoms with E-state index in [2.05, 4.69) is 21.2 Å². The summed E-state index contributed by atoms with van der Waals surface area (Å²) < 4.78 is 40.0. The number of benzene rings is 2. The molecule has 0 spiro atoms. The van der Waals surface area contributed by atoms with Crippen LogP contribution in [0.2, 0.25) is 0 Å². The quantitative estimate of drug-likeness (QED) is 0.540. The third kappa shape index (κ3) is 6.69. The van der Waals surface area contributed by atoms with Crippen molar-refractivity contribution >= 4 is 39.2 Å². The first kappa shape index (κ1) is 23.6. The summed E-state index contributed by atoms with van der Waals surface area (Å²) in [5, 5.41) is 2.21. The Hall–Kier alpha value is -2.68. The molecule has 2 aromatic rings. The maximum atomic E-state index is 13.0. The lowest BCUT2D eigenvalue weighted by atomic mass is 10.1. The average Bonchev–Trinajstić information content (AvgIpc) is 2.70. The van der Waals surface area contributed by atoms with Gasteiger partial charge in [-0.3, -0.25) is 14.4 Å². The molecule has 0 aliphatic heterocycles. The fourth-order valence-corrected chi connectivity index (χ4v) is 3.00. The van der Waals surface area contributed by atoms with Crippen LogP contribution in [0.5, 0.6) is 0 Å². The highest BCUT2D eigenvalue weighted by molar-refractivity contribution is 9.10. The molecule has 0 saturated heterocycles. The number of amides is 2. The molecule has 0 aliphatic rings. The number of carbonyl (C=O) groups excluding carboxylic acids is 3. The monoisotopic (exact) mass is 484 g/mol. The second kappa shape index (κ2) is 10.4. The van der Waals surface area contributed by atoms with Crippen molar-refractivity contribution in [3.8, 4) is 0 Å². The topological polar surface area (TPSA) is 66.5 Å². The molecule has 0 aliphatic carbocycles. The third-order valence-corrected chi connectivity index (χ3v) is 4.84. The molecule has 0 aromatic heterocycles. The Kier molecular flexibility index (Phi) is 8.16. The highest BCUT2D eigenvalue weighted by Gasteiger charge is 2.33. The molecule has 5 nitrogen and oxygen atoms in total. The number of rotatable bonds is 8. The Bertz CT molecular complexity index is 914. The van der Waals surface area contributed by atoms with Gasteiger partial charge in [0.25, 0.3) is 0 Å². The van der Waals surface area contributed by atoms with Crippen LogP contribution in [0.15, 0.2) is 53.0 Å². The van der Waals surface area contributed by atoms with Crippen LogP contribution in [0.1, 0.15) is 35.7 Å². The van der Waals surface area contributed by atoms with Gasteiger partial charge >= 0.3 is 6.18 Å². The van der Waals surface area contributed by atoms with Gasteiger partial charge in [-0.05, 0) is 31.2 Å². The lowest BCUT2D eigenvalue weighted by molar-refractivity contribution is -0.137. The number of hydrogen-bond donors (Lipinski definition) is 1. The van der Waals surface area contributed by atoms with Crippen LogP contribution in [0.4, 0.5) is 18.9 Å². The SMILES string of the molecule is CCN(CC(=O)Nc1ccccc1C(F)(F)F)C(=O)CCC(=O)c1ccc(Br)cc1. The van der Waals surface area contributed by atoms with Crippen molar-refractivity contribution < 1.29 is 27.6 Å². The van der Waals surface area contributed by atoms with E-state index < -0.39 is 30.1 Å². The first-order valence-electron chi connectivity index (χ1n) is 9.14. The Morgan fingerprint density at radius 3 is 2.23 bits per heavy atom. The van der Waals surface area contributed by atoms with Gasteiger partial charge in [-0.1, -0.05) is 40.2 Å².